The van der Waals surface area contributed by atoms with Crippen LogP contribution in [0, 0.1) is 0 Å². The maximum absolute atomic E-state index is 12.4. The predicted octanol–water partition coefficient (Wildman–Crippen LogP) is 5.26. The van der Waals surface area contributed by atoms with Gasteiger partial charge in [0.1, 0.15) is 5.69 Å². The molecule has 1 aromatic heterocycles. The number of thiazole rings is 1. The van der Waals surface area contributed by atoms with Crippen molar-refractivity contribution in [2.24, 2.45) is 0 Å². The molecular formula is C19H17ClN4O2S. The lowest BCUT2D eigenvalue weighted by molar-refractivity contribution is 0.102. The molecule has 0 atom stereocenters. The van der Waals surface area contributed by atoms with Gasteiger partial charge in [0.05, 0.1) is 0 Å². The molecule has 1 heterocycles. The van der Waals surface area contributed by atoms with Gasteiger partial charge in [-0.25, -0.2) is 9.78 Å². The van der Waals surface area contributed by atoms with E-state index in [0.29, 0.717) is 15.8 Å². The van der Waals surface area contributed by atoms with Crippen molar-refractivity contribution < 1.29 is 9.59 Å². The van der Waals surface area contributed by atoms with Crippen molar-refractivity contribution in [2.45, 2.75) is 13.3 Å². The van der Waals surface area contributed by atoms with E-state index in [1.54, 1.807) is 29.6 Å². The number of anilines is 3. The predicted molar refractivity (Wildman–Crippen MR) is 110 cm³/mol. The zero-order chi connectivity index (χ0) is 19.2. The Kier molecular flexibility index (Phi) is 6.05. The summed E-state index contributed by atoms with van der Waals surface area (Å²) in [5, 5.41) is 10.6. The number of benzene rings is 2. The molecule has 2 aromatic carbocycles. The maximum atomic E-state index is 12.4. The van der Waals surface area contributed by atoms with Crippen LogP contribution >= 0.6 is 22.9 Å². The number of urea groups is 1. The van der Waals surface area contributed by atoms with Gasteiger partial charge in [-0.2, -0.15) is 0 Å². The van der Waals surface area contributed by atoms with E-state index in [1.807, 2.05) is 31.2 Å². The number of hydrogen-bond donors (Lipinski definition) is 3. The maximum Gasteiger partial charge on any atom is 0.325 e. The fourth-order valence-corrected chi connectivity index (χ4v) is 3.18. The molecular weight excluding hydrogens is 384 g/mol. The monoisotopic (exact) mass is 400 g/mol. The smallest absolute Gasteiger partial charge is 0.320 e. The van der Waals surface area contributed by atoms with Crippen LogP contribution in [0.3, 0.4) is 0 Å². The molecule has 3 rings (SSSR count). The summed E-state index contributed by atoms with van der Waals surface area (Å²) in [7, 11) is 0. The number of halogens is 1. The molecule has 3 N–H and O–H groups in total. The summed E-state index contributed by atoms with van der Waals surface area (Å²) < 4.78 is 0. The van der Waals surface area contributed by atoms with E-state index in [9.17, 15) is 9.59 Å². The molecule has 0 saturated heterocycles. The standard InChI is InChI=1S/C19H17ClN4O2S/c1-2-12-5-3-4-6-15(12)22-17(25)16-11-27-19(23-16)24-18(26)21-14-9-7-13(20)8-10-14/h3-11H,2H2,1H3,(H,22,25)(H2,21,23,24,26). The first-order valence-electron chi connectivity index (χ1n) is 8.23. The Hall–Kier alpha value is -2.90. The lowest BCUT2D eigenvalue weighted by atomic mass is 10.1. The number of hydrogen-bond acceptors (Lipinski definition) is 4. The van der Waals surface area contributed by atoms with E-state index in [2.05, 4.69) is 20.9 Å². The lowest BCUT2D eigenvalue weighted by Gasteiger charge is -2.08. The normalized spacial score (nSPS) is 10.3. The van der Waals surface area contributed by atoms with Crippen molar-refractivity contribution in [3.63, 3.8) is 0 Å². The Labute approximate surface area is 165 Å². The lowest BCUT2D eigenvalue weighted by Crippen LogP contribution is -2.19. The Morgan fingerprint density at radius 3 is 2.52 bits per heavy atom. The zero-order valence-corrected chi connectivity index (χ0v) is 16.0. The summed E-state index contributed by atoms with van der Waals surface area (Å²) in [6.45, 7) is 2.02. The Bertz CT molecular complexity index is 956. The van der Waals surface area contributed by atoms with E-state index < -0.39 is 6.03 Å². The summed E-state index contributed by atoms with van der Waals surface area (Å²) in [5.74, 6) is -0.321. The van der Waals surface area contributed by atoms with Gasteiger partial charge in [-0.1, -0.05) is 36.7 Å². The third-order valence-electron chi connectivity index (χ3n) is 3.71. The summed E-state index contributed by atoms with van der Waals surface area (Å²) in [6.07, 6.45) is 0.811. The van der Waals surface area contributed by atoms with Crippen LogP contribution in [0.25, 0.3) is 0 Å². The van der Waals surface area contributed by atoms with E-state index in [0.717, 1.165) is 17.7 Å². The second kappa shape index (κ2) is 8.66. The fourth-order valence-electron chi connectivity index (χ4n) is 2.37. The summed E-state index contributed by atoms with van der Waals surface area (Å²) in [5.41, 5.74) is 2.64. The minimum absolute atomic E-state index is 0.243. The first-order chi connectivity index (χ1) is 13.0. The van der Waals surface area contributed by atoms with Gasteiger partial charge in [0.2, 0.25) is 0 Å². The van der Waals surface area contributed by atoms with Gasteiger partial charge < -0.3 is 10.6 Å². The van der Waals surface area contributed by atoms with Crippen LogP contribution in [0.4, 0.5) is 21.3 Å². The third kappa shape index (κ3) is 5.06. The highest BCUT2D eigenvalue weighted by molar-refractivity contribution is 7.14. The highest BCUT2D eigenvalue weighted by Crippen LogP contribution is 2.20. The number of nitrogens with zero attached hydrogens (tertiary/aromatic N) is 1. The molecule has 0 radical (unpaired) electrons. The summed E-state index contributed by atoms with van der Waals surface area (Å²) in [4.78, 5) is 28.6. The van der Waals surface area contributed by atoms with Gasteiger partial charge in [0.25, 0.3) is 5.91 Å². The van der Waals surface area contributed by atoms with Crippen LogP contribution in [-0.2, 0) is 6.42 Å². The van der Waals surface area contributed by atoms with E-state index >= 15 is 0 Å². The first kappa shape index (κ1) is 18.9. The molecule has 0 bridgehead atoms. The Balaban J connectivity index is 1.61. The third-order valence-corrected chi connectivity index (χ3v) is 4.72. The number of amides is 3. The molecule has 0 unspecified atom stereocenters. The number of carbonyl (C=O) groups is 2. The van der Waals surface area contributed by atoms with Crippen molar-refractivity contribution in [1.29, 1.82) is 0 Å². The first-order valence-corrected chi connectivity index (χ1v) is 9.49. The van der Waals surface area contributed by atoms with Crippen molar-refractivity contribution in [3.8, 4) is 0 Å². The van der Waals surface area contributed by atoms with Crippen molar-refractivity contribution in [3.05, 3.63) is 70.2 Å². The van der Waals surface area contributed by atoms with Crippen molar-refractivity contribution >= 4 is 51.4 Å². The number of aryl methyl sites for hydroxylation is 1. The summed E-state index contributed by atoms with van der Waals surface area (Å²) in [6, 6.07) is 13.9. The molecule has 0 aliphatic rings. The van der Waals surface area contributed by atoms with Gasteiger partial charge in [-0.15, -0.1) is 11.3 Å². The molecule has 27 heavy (non-hydrogen) atoms. The molecule has 3 amide bonds. The van der Waals surface area contributed by atoms with Crippen LogP contribution < -0.4 is 16.0 Å². The van der Waals surface area contributed by atoms with Crippen molar-refractivity contribution in [2.75, 3.05) is 16.0 Å². The molecule has 138 valence electrons. The zero-order valence-electron chi connectivity index (χ0n) is 14.5. The van der Waals surface area contributed by atoms with Gasteiger partial charge in [0, 0.05) is 21.8 Å². The molecule has 0 aliphatic carbocycles. The SMILES string of the molecule is CCc1ccccc1NC(=O)c1csc(NC(=O)Nc2ccc(Cl)cc2)n1. The van der Waals surface area contributed by atoms with E-state index in [-0.39, 0.29) is 11.6 Å². The van der Waals surface area contributed by atoms with E-state index in [4.69, 9.17) is 11.6 Å². The van der Waals surface area contributed by atoms with Crippen LogP contribution in [0.2, 0.25) is 5.02 Å². The Morgan fingerprint density at radius 1 is 1.04 bits per heavy atom. The van der Waals surface area contributed by atoms with Crippen molar-refractivity contribution in [1.82, 2.24) is 4.98 Å². The van der Waals surface area contributed by atoms with Gasteiger partial charge in [0.15, 0.2) is 5.13 Å². The minimum atomic E-state index is -0.449. The highest BCUT2D eigenvalue weighted by Gasteiger charge is 2.14. The quantitative estimate of drug-likeness (QED) is 0.546. The van der Waals surface area contributed by atoms with Crippen LogP contribution in [0.15, 0.2) is 53.9 Å². The molecule has 3 aromatic rings. The molecule has 0 fully saturated rings. The van der Waals surface area contributed by atoms with Gasteiger partial charge in [-0.3, -0.25) is 10.1 Å². The Morgan fingerprint density at radius 2 is 1.78 bits per heavy atom. The second-order valence-electron chi connectivity index (χ2n) is 5.59. The highest BCUT2D eigenvalue weighted by atomic mass is 35.5. The molecule has 0 aliphatic heterocycles. The minimum Gasteiger partial charge on any atom is -0.320 e. The van der Waals surface area contributed by atoms with E-state index in [1.165, 1.54) is 11.3 Å². The molecule has 0 saturated carbocycles. The van der Waals surface area contributed by atoms with Gasteiger partial charge in [-0.05, 0) is 42.3 Å². The van der Waals surface area contributed by atoms with Crippen LogP contribution in [-0.4, -0.2) is 16.9 Å². The molecule has 0 spiro atoms. The van der Waals surface area contributed by atoms with Crippen LogP contribution in [0.1, 0.15) is 23.0 Å². The van der Waals surface area contributed by atoms with Crippen LogP contribution in [0.5, 0.6) is 0 Å². The second-order valence-corrected chi connectivity index (χ2v) is 6.88. The number of para-hydroxylation sites is 1. The number of rotatable bonds is 5. The average Bonchev–Trinajstić information content (AvgIpc) is 3.12. The van der Waals surface area contributed by atoms with Gasteiger partial charge >= 0.3 is 6.03 Å². The average molecular weight is 401 g/mol. The fraction of sp³-hybridized carbons (Fsp3) is 0.105. The number of carbonyl (C=O) groups excluding carboxylic acids is 2. The molecule has 6 nitrogen and oxygen atoms in total. The molecule has 8 heteroatoms. The number of nitrogens with one attached hydrogen (secondary N) is 3. The summed E-state index contributed by atoms with van der Waals surface area (Å²) >= 11 is 6.99. The topological polar surface area (TPSA) is 83.1 Å². The largest absolute Gasteiger partial charge is 0.325 e. The number of aromatic nitrogens is 1.